The van der Waals surface area contributed by atoms with Crippen LogP contribution in [0.15, 0.2) is 0 Å². The monoisotopic (exact) mass is 204 g/mol. The molecule has 0 saturated carbocycles. The summed E-state index contributed by atoms with van der Waals surface area (Å²) in [6, 6.07) is -0.172. The van der Waals surface area contributed by atoms with Gasteiger partial charge in [0.1, 0.15) is 6.54 Å². The highest BCUT2D eigenvalue weighted by atomic mass is 32.2. The molecule has 2 N–H and O–H groups in total. The van der Waals surface area contributed by atoms with Crippen LogP contribution in [-0.4, -0.2) is 43.2 Å². The van der Waals surface area contributed by atoms with Crippen molar-refractivity contribution in [3.8, 4) is 0 Å². The molecule has 1 rings (SSSR count). The van der Waals surface area contributed by atoms with Crippen molar-refractivity contribution in [1.82, 2.24) is 10.6 Å². The third-order valence-electron chi connectivity index (χ3n) is 1.67. The predicted molar refractivity (Wildman–Crippen MR) is 49.3 cm³/mol. The third kappa shape index (κ3) is 3.23. The summed E-state index contributed by atoms with van der Waals surface area (Å²) in [7, 11) is 1.29. The van der Waals surface area contributed by atoms with E-state index in [1.807, 2.05) is 0 Å². The summed E-state index contributed by atoms with van der Waals surface area (Å²) in [6.07, 6.45) is 0. The maximum Gasteiger partial charge on any atom is 0.325 e. The topological polar surface area (TPSA) is 67.4 Å². The fourth-order valence-corrected chi connectivity index (χ4v) is 1.86. The van der Waals surface area contributed by atoms with E-state index in [4.69, 9.17) is 0 Å². The lowest BCUT2D eigenvalue weighted by molar-refractivity contribution is -0.141. The van der Waals surface area contributed by atoms with Gasteiger partial charge >= 0.3 is 5.97 Å². The van der Waals surface area contributed by atoms with Crippen molar-refractivity contribution in [3.05, 3.63) is 0 Å². The summed E-state index contributed by atoms with van der Waals surface area (Å²) in [5.41, 5.74) is 0. The minimum Gasteiger partial charge on any atom is -0.468 e. The van der Waals surface area contributed by atoms with E-state index in [1.165, 1.54) is 7.11 Å². The quantitative estimate of drug-likeness (QED) is 0.573. The van der Waals surface area contributed by atoms with Gasteiger partial charge in [0.15, 0.2) is 0 Å². The molecule has 0 radical (unpaired) electrons. The summed E-state index contributed by atoms with van der Waals surface area (Å²) in [5.74, 6) is 0.970. The van der Waals surface area contributed by atoms with E-state index >= 15 is 0 Å². The molecule has 0 aliphatic carbocycles. The number of nitrogens with one attached hydrogen (secondary N) is 2. The molecule has 6 heteroatoms. The molecule has 1 aliphatic heterocycles. The molecule has 0 aromatic carbocycles. The number of rotatable bonds is 3. The van der Waals surface area contributed by atoms with Crippen LogP contribution in [0.25, 0.3) is 0 Å². The molecule has 1 saturated heterocycles. The maximum absolute atomic E-state index is 11.3. The van der Waals surface area contributed by atoms with Gasteiger partial charge in [0.05, 0.1) is 13.2 Å². The summed E-state index contributed by atoms with van der Waals surface area (Å²) >= 11 is 1.66. The van der Waals surface area contributed by atoms with E-state index < -0.39 is 5.97 Å². The molecular formula is C7H12N2O3S. The molecule has 0 spiro atoms. The zero-order valence-electron chi connectivity index (χ0n) is 7.33. The highest BCUT2D eigenvalue weighted by molar-refractivity contribution is 7.99. The Bertz CT molecular complexity index is 204. The molecule has 0 aromatic rings. The van der Waals surface area contributed by atoms with Crippen LogP contribution in [-0.2, 0) is 14.3 Å². The van der Waals surface area contributed by atoms with Gasteiger partial charge in [-0.05, 0) is 0 Å². The largest absolute Gasteiger partial charge is 0.468 e. The summed E-state index contributed by atoms with van der Waals surface area (Å²) in [4.78, 5) is 21.9. The van der Waals surface area contributed by atoms with Crippen molar-refractivity contribution in [3.63, 3.8) is 0 Å². The first kappa shape index (κ1) is 10.3. The van der Waals surface area contributed by atoms with Crippen molar-refractivity contribution in [2.24, 2.45) is 0 Å². The second-order valence-corrected chi connectivity index (χ2v) is 3.60. The number of hydrogen-bond donors (Lipinski definition) is 2. The molecule has 1 amide bonds. The van der Waals surface area contributed by atoms with Gasteiger partial charge in [0.25, 0.3) is 0 Å². The highest BCUT2D eigenvalue weighted by Crippen LogP contribution is 2.08. The minimum absolute atomic E-state index is 0.0574. The predicted octanol–water partition coefficient (Wildman–Crippen LogP) is -1.06. The van der Waals surface area contributed by atoms with Gasteiger partial charge < -0.3 is 10.1 Å². The molecule has 1 fully saturated rings. The number of carbonyl (C=O) groups excluding carboxylic acids is 2. The Morgan fingerprint density at radius 1 is 1.69 bits per heavy atom. The van der Waals surface area contributed by atoms with E-state index in [9.17, 15) is 9.59 Å². The molecule has 1 atom stereocenters. The van der Waals surface area contributed by atoms with Gasteiger partial charge in [-0.15, -0.1) is 11.8 Å². The number of carbonyl (C=O) groups is 2. The number of amides is 1. The van der Waals surface area contributed by atoms with Crippen LogP contribution in [0.3, 0.4) is 0 Å². The van der Waals surface area contributed by atoms with E-state index in [0.717, 1.165) is 11.6 Å². The Kier molecular flexibility index (Phi) is 4.04. The van der Waals surface area contributed by atoms with Gasteiger partial charge in [-0.1, -0.05) is 0 Å². The zero-order chi connectivity index (χ0) is 9.68. The summed E-state index contributed by atoms with van der Waals surface area (Å²) < 4.78 is 4.38. The number of thioether (sulfide) groups is 1. The number of ether oxygens (including phenoxy) is 1. The minimum atomic E-state index is -0.431. The van der Waals surface area contributed by atoms with Crippen LogP contribution < -0.4 is 10.6 Å². The lowest BCUT2D eigenvalue weighted by atomic mass is 10.3. The normalized spacial score (nSPS) is 21.2. The van der Waals surface area contributed by atoms with Gasteiger partial charge in [-0.3, -0.25) is 14.9 Å². The summed E-state index contributed by atoms with van der Waals surface area (Å²) in [5, 5.41) is 5.48. The Morgan fingerprint density at radius 2 is 2.46 bits per heavy atom. The Labute approximate surface area is 80.6 Å². The Morgan fingerprint density at radius 3 is 3.00 bits per heavy atom. The number of methoxy groups -OCH3 is 1. The first-order chi connectivity index (χ1) is 6.24. The number of hydrogen-bond acceptors (Lipinski definition) is 5. The van der Waals surface area contributed by atoms with Crippen molar-refractivity contribution >= 4 is 23.6 Å². The fourth-order valence-electron chi connectivity index (χ4n) is 0.918. The molecule has 1 aliphatic rings. The van der Waals surface area contributed by atoms with Crippen LogP contribution in [0, 0.1) is 0 Å². The van der Waals surface area contributed by atoms with E-state index in [1.54, 1.807) is 11.8 Å². The summed E-state index contributed by atoms with van der Waals surface area (Å²) in [6.45, 7) is -0.0574. The highest BCUT2D eigenvalue weighted by Gasteiger charge is 2.22. The van der Waals surface area contributed by atoms with Crippen molar-refractivity contribution in [2.75, 3.05) is 25.3 Å². The molecule has 13 heavy (non-hydrogen) atoms. The maximum atomic E-state index is 11.3. The first-order valence-electron chi connectivity index (χ1n) is 3.89. The smallest absolute Gasteiger partial charge is 0.325 e. The van der Waals surface area contributed by atoms with Crippen LogP contribution in [0.5, 0.6) is 0 Å². The second-order valence-electron chi connectivity index (χ2n) is 2.57. The van der Waals surface area contributed by atoms with Crippen LogP contribution in [0.1, 0.15) is 0 Å². The van der Waals surface area contributed by atoms with Gasteiger partial charge in [0, 0.05) is 11.6 Å². The van der Waals surface area contributed by atoms with E-state index in [-0.39, 0.29) is 18.5 Å². The molecule has 1 heterocycles. The van der Waals surface area contributed by atoms with E-state index in [0.29, 0.717) is 0 Å². The Hall–Kier alpha value is -0.750. The lowest BCUT2D eigenvalue weighted by Crippen LogP contribution is -2.43. The van der Waals surface area contributed by atoms with Crippen molar-refractivity contribution in [2.45, 2.75) is 6.04 Å². The fraction of sp³-hybridized carbons (Fsp3) is 0.714. The molecule has 0 bridgehead atoms. The second kappa shape index (κ2) is 5.08. The SMILES string of the molecule is COC(=O)CNC(=O)[C@H]1CSCN1. The first-order valence-corrected chi connectivity index (χ1v) is 5.05. The third-order valence-corrected chi connectivity index (χ3v) is 2.61. The van der Waals surface area contributed by atoms with Crippen molar-refractivity contribution < 1.29 is 14.3 Å². The van der Waals surface area contributed by atoms with Gasteiger partial charge in [-0.2, -0.15) is 0 Å². The van der Waals surface area contributed by atoms with Gasteiger partial charge in [0.2, 0.25) is 5.91 Å². The van der Waals surface area contributed by atoms with Crippen LogP contribution in [0.2, 0.25) is 0 Å². The molecule has 0 aromatic heterocycles. The molecule has 74 valence electrons. The zero-order valence-corrected chi connectivity index (χ0v) is 8.15. The molecule has 0 unspecified atom stereocenters. The van der Waals surface area contributed by atoms with Crippen LogP contribution in [0.4, 0.5) is 0 Å². The molecular weight excluding hydrogens is 192 g/mol. The average Bonchev–Trinajstić information content (AvgIpc) is 2.66. The lowest BCUT2D eigenvalue weighted by Gasteiger charge is -2.08. The molecule has 5 nitrogen and oxygen atoms in total. The van der Waals surface area contributed by atoms with Gasteiger partial charge in [-0.25, -0.2) is 0 Å². The average molecular weight is 204 g/mol. The van der Waals surface area contributed by atoms with Crippen LogP contribution >= 0.6 is 11.8 Å². The van der Waals surface area contributed by atoms with Crippen molar-refractivity contribution in [1.29, 1.82) is 0 Å². The number of esters is 1. The van der Waals surface area contributed by atoms with E-state index in [2.05, 4.69) is 15.4 Å². The standard InChI is InChI=1S/C7H12N2O3S/c1-12-6(10)2-8-7(11)5-3-13-4-9-5/h5,9H,2-4H2,1H3,(H,8,11)/t5-/m1/s1. The Balaban J connectivity index is 2.20.